The first-order valence-corrected chi connectivity index (χ1v) is 8.55. The van der Waals surface area contributed by atoms with Crippen molar-refractivity contribution in [2.45, 2.75) is 13.0 Å². The van der Waals surface area contributed by atoms with E-state index in [9.17, 15) is 4.79 Å². The molecular formula is C18H22ClN3O2. The Morgan fingerprint density at radius 1 is 1.25 bits per heavy atom. The SMILES string of the molecule is C[C@@H](NC(=O)CN1CCN(c2cccc(Cl)c2)CC1)c1ccco1. The number of hydrogen-bond acceptors (Lipinski definition) is 4. The lowest BCUT2D eigenvalue weighted by atomic mass is 10.2. The second kappa shape index (κ2) is 7.73. The van der Waals surface area contributed by atoms with Crippen molar-refractivity contribution < 1.29 is 9.21 Å². The number of carbonyl (C=O) groups is 1. The van der Waals surface area contributed by atoms with Gasteiger partial charge < -0.3 is 14.6 Å². The molecule has 0 aliphatic carbocycles. The molecule has 1 fully saturated rings. The Bertz CT molecular complexity index is 667. The van der Waals surface area contributed by atoms with Crippen molar-refractivity contribution in [3.63, 3.8) is 0 Å². The summed E-state index contributed by atoms with van der Waals surface area (Å²) in [5.41, 5.74) is 1.14. The average Bonchev–Trinajstić information content (AvgIpc) is 3.10. The maximum Gasteiger partial charge on any atom is 0.234 e. The Hall–Kier alpha value is -1.98. The molecule has 2 heterocycles. The van der Waals surface area contributed by atoms with Gasteiger partial charge >= 0.3 is 0 Å². The first kappa shape index (κ1) is 16.9. The second-order valence-electron chi connectivity index (χ2n) is 6.05. The molecule has 1 N–H and O–H groups in total. The van der Waals surface area contributed by atoms with Gasteiger partial charge in [0.1, 0.15) is 5.76 Å². The number of furan rings is 1. The maximum atomic E-state index is 12.2. The first-order chi connectivity index (χ1) is 11.6. The lowest BCUT2D eigenvalue weighted by Gasteiger charge is -2.35. The highest BCUT2D eigenvalue weighted by Crippen LogP contribution is 2.20. The standard InChI is InChI=1S/C18H22ClN3O2/c1-14(17-6-3-11-24-17)20-18(23)13-21-7-9-22(10-8-21)16-5-2-4-15(19)12-16/h2-6,11-12,14H,7-10,13H2,1H3,(H,20,23)/t14-/m1/s1. The molecule has 0 bridgehead atoms. The van der Waals surface area contributed by atoms with Crippen LogP contribution >= 0.6 is 11.6 Å². The summed E-state index contributed by atoms with van der Waals surface area (Å²) < 4.78 is 5.31. The molecule has 1 aliphatic heterocycles. The van der Waals surface area contributed by atoms with Gasteiger partial charge in [-0.2, -0.15) is 0 Å². The first-order valence-electron chi connectivity index (χ1n) is 8.17. The fraction of sp³-hybridized carbons (Fsp3) is 0.389. The van der Waals surface area contributed by atoms with Crippen LogP contribution in [0.5, 0.6) is 0 Å². The van der Waals surface area contributed by atoms with Crippen LogP contribution in [-0.4, -0.2) is 43.5 Å². The Morgan fingerprint density at radius 3 is 2.71 bits per heavy atom. The van der Waals surface area contributed by atoms with Gasteiger partial charge in [-0.1, -0.05) is 17.7 Å². The van der Waals surface area contributed by atoms with Crippen LogP contribution in [0.1, 0.15) is 18.7 Å². The van der Waals surface area contributed by atoms with Gasteiger partial charge in [0, 0.05) is 36.9 Å². The third-order valence-corrected chi connectivity index (χ3v) is 4.50. The predicted molar refractivity (Wildman–Crippen MR) is 95.4 cm³/mol. The number of halogens is 1. The summed E-state index contributed by atoms with van der Waals surface area (Å²) >= 11 is 6.05. The van der Waals surface area contributed by atoms with Gasteiger partial charge in [0.05, 0.1) is 18.8 Å². The highest BCUT2D eigenvalue weighted by Gasteiger charge is 2.20. The third-order valence-electron chi connectivity index (χ3n) is 4.26. The third kappa shape index (κ3) is 4.30. The number of amides is 1. The number of nitrogens with zero attached hydrogens (tertiary/aromatic N) is 2. The fourth-order valence-electron chi connectivity index (χ4n) is 2.94. The zero-order chi connectivity index (χ0) is 16.9. The highest BCUT2D eigenvalue weighted by molar-refractivity contribution is 6.30. The minimum absolute atomic E-state index is 0.0232. The smallest absolute Gasteiger partial charge is 0.234 e. The molecule has 5 nitrogen and oxygen atoms in total. The second-order valence-corrected chi connectivity index (χ2v) is 6.48. The van der Waals surface area contributed by atoms with Crippen LogP contribution in [0.4, 0.5) is 5.69 Å². The van der Waals surface area contributed by atoms with Crippen molar-refractivity contribution in [2.75, 3.05) is 37.6 Å². The number of rotatable bonds is 5. The van der Waals surface area contributed by atoms with Crippen molar-refractivity contribution in [1.82, 2.24) is 10.2 Å². The van der Waals surface area contributed by atoms with Crippen molar-refractivity contribution in [2.24, 2.45) is 0 Å². The van der Waals surface area contributed by atoms with Gasteiger partial charge in [-0.05, 0) is 37.3 Å². The Kier molecular flexibility index (Phi) is 5.43. The van der Waals surface area contributed by atoms with Crippen molar-refractivity contribution >= 4 is 23.2 Å². The number of carbonyl (C=O) groups excluding carboxylic acids is 1. The molecule has 1 aromatic carbocycles. The molecule has 0 spiro atoms. The average molecular weight is 348 g/mol. The topological polar surface area (TPSA) is 48.7 Å². The molecule has 1 aromatic heterocycles. The minimum Gasteiger partial charge on any atom is -0.467 e. The van der Waals surface area contributed by atoms with E-state index in [-0.39, 0.29) is 11.9 Å². The van der Waals surface area contributed by atoms with Crippen LogP contribution in [0.15, 0.2) is 47.1 Å². The lowest BCUT2D eigenvalue weighted by molar-refractivity contribution is -0.123. The van der Waals surface area contributed by atoms with Crippen molar-refractivity contribution in [1.29, 1.82) is 0 Å². The van der Waals surface area contributed by atoms with Gasteiger partial charge in [0.25, 0.3) is 0 Å². The van der Waals surface area contributed by atoms with Gasteiger partial charge in [-0.3, -0.25) is 9.69 Å². The molecule has 1 atom stereocenters. The molecule has 6 heteroatoms. The molecule has 128 valence electrons. The zero-order valence-electron chi connectivity index (χ0n) is 13.7. The molecule has 0 radical (unpaired) electrons. The largest absolute Gasteiger partial charge is 0.467 e. The molecule has 3 rings (SSSR count). The highest BCUT2D eigenvalue weighted by atomic mass is 35.5. The van der Waals surface area contributed by atoms with E-state index in [1.165, 1.54) is 0 Å². The monoisotopic (exact) mass is 347 g/mol. The normalized spacial score (nSPS) is 16.8. The van der Waals surface area contributed by atoms with E-state index in [4.69, 9.17) is 16.0 Å². The van der Waals surface area contributed by atoms with Crippen LogP contribution in [0.2, 0.25) is 5.02 Å². The van der Waals surface area contributed by atoms with Crippen LogP contribution in [0, 0.1) is 0 Å². The Balaban J connectivity index is 1.46. The van der Waals surface area contributed by atoms with E-state index in [0.29, 0.717) is 6.54 Å². The summed E-state index contributed by atoms with van der Waals surface area (Å²) in [6.07, 6.45) is 1.62. The Morgan fingerprint density at radius 2 is 2.04 bits per heavy atom. The fourth-order valence-corrected chi connectivity index (χ4v) is 3.12. The molecule has 2 aromatic rings. The van der Waals surface area contributed by atoms with E-state index in [1.807, 2.05) is 37.3 Å². The summed E-state index contributed by atoms with van der Waals surface area (Å²) in [5.74, 6) is 0.796. The molecule has 0 unspecified atom stereocenters. The van der Waals surface area contributed by atoms with Crippen LogP contribution < -0.4 is 10.2 Å². The van der Waals surface area contributed by atoms with Gasteiger partial charge in [-0.15, -0.1) is 0 Å². The number of nitrogens with one attached hydrogen (secondary N) is 1. The van der Waals surface area contributed by atoms with Crippen LogP contribution in [-0.2, 0) is 4.79 Å². The molecule has 24 heavy (non-hydrogen) atoms. The summed E-state index contributed by atoms with van der Waals surface area (Å²) in [6, 6.07) is 11.5. The predicted octanol–water partition coefficient (Wildman–Crippen LogP) is 2.93. The number of piperazine rings is 1. The molecule has 1 aliphatic rings. The molecule has 1 saturated heterocycles. The van der Waals surface area contributed by atoms with Gasteiger partial charge in [0.15, 0.2) is 0 Å². The van der Waals surface area contributed by atoms with Crippen molar-refractivity contribution in [3.8, 4) is 0 Å². The van der Waals surface area contributed by atoms with Crippen LogP contribution in [0.25, 0.3) is 0 Å². The van der Waals surface area contributed by atoms with E-state index in [1.54, 1.807) is 6.26 Å². The maximum absolute atomic E-state index is 12.2. The van der Waals surface area contributed by atoms with E-state index < -0.39 is 0 Å². The number of hydrogen-bond donors (Lipinski definition) is 1. The summed E-state index contributed by atoms with van der Waals surface area (Å²) in [6.45, 7) is 5.83. The molecular weight excluding hydrogens is 326 g/mol. The van der Waals surface area contributed by atoms with Gasteiger partial charge in [0.2, 0.25) is 5.91 Å². The summed E-state index contributed by atoms with van der Waals surface area (Å²) in [7, 11) is 0. The number of anilines is 1. The van der Waals surface area contributed by atoms with E-state index in [2.05, 4.69) is 21.2 Å². The molecule has 1 amide bonds. The van der Waals surface area contributed by atoms with E-state index in [0.717, 1.165) is 42.6 Å². The minimum atomic E-state index is -0.111. The Labute approximate surface area is 147 Å². The lowest BCUT2D eigenvalue weighted by Crippen LogP contribution is -2.49. The van der Waals surface area contributed by atoms with E-state index >= 15 is 0 Å². The summed E-state index contributed by atoms with van der Waals surface area (Å²) in [5, 5.41) is 3.73. The number of benzene rings is 1. The molecule has 0 saturated carbocycles. The van der Waals surface area contributed by atoms with Crippen LogP contribution in [0.3, 0.4) is 0 Å². The van der Waals surface area contributed by atoms with Gasteiger partial charge in [-0.25, -0.2) is 0 Å². The quantitative estimate of drug-likeness (QED) is 0.903. The van der Waals surface area contributed by atoms with Crippen molar-refractivity contribution in [3.05, 3.63) is 53.4 Å². The summed E-state index contributed by atoms with van der Waals surface area (Å²) in [4.78, 5) is 16.7. The zero-order valence-corrected chi connectivity index (χ0v) is 14.5.